The summed E-state index contributed by atoms with van der Waals surface area (Å²) in [4.78, 5) is 44.3. The van der Waals surface area contributed by atoms with Crippen LogP contribution < -0.4 is 16.1 Å². The summed E-state index contributed by atoms with van der Waals surface area (Å²) < 4.78 is 23.1. The van der Waals surface area contributed by atoms with Gasteiger partial charge in [-0.15, -0.1) is 0 Å². The van der Waals surface area contributed by atoms with Crippen LogP contribution in [0.1, 0.15) is 31.8 Å². The molecule has 0 aliphatic carbocycles. The lowest BCUT2D eigenvalue weighted by Gasteiger charge is -2.26. The second kappa shape index (κ2) is 11.9. The van der Waals surface area contributed by atoms with E-state index in [1.165, 1.54) is 12.1 Å². The minimum atomic E-state index is -2.95. The summed E-state index contributed by atoms with van der Waals surface area (Å²) in [6.07, 6.45) is 0. The number of hydrogen-bond acceptors (Lipinski definition) is 8. The van der Waals surface area contributed by atoms with E-state index >= 15 is 0 Å². The van der Waals surface area contributed by atoms with Crippen LogP contribution in [0.3, 0.4) is 0 Å². The maximum atomic E-state index is 13.1. The Hall–Kier alpha value is -4.52. The van der Waals surface area contributed by atoms with Crippen molar-refractivity contribution in [2.75, 3.05) is 48.4 Å². The number of anilines is 2. The third-order valence-electron chi connectivity index (χ3n) is 6.85. The first-order valence-corrected chi connectivity index (χ1v) is 14.7. The Kier molecular flexibility index (Phi) is 8.15. The van der Waals surface area contributed by atoms with E-state index in [1.54, 1.807) is 30.3 Å². The van der Waals surface area contributed by atoms with Gasteiger partial charge in [0.05, 0.1) is 40.6 Å². The SMILES string of the molecule is O=C1Nc2cc(C(=O)O)ccc2/C1=C(\Nc1ccc(C(=O)NOCCN2CCS(=O)(=O)CC2)cc1)c1ccccc1. The average Bonchev–Trinajstić information content (AvgIpc) is 3.30. The Balaban J connectivity index is 1.28. The number of carbonyl (C=O) groups excluding carboxylic acids is 2. The first-order chi connectivity index (χ1) is 19.7. The second-order valence-electron chi connectivity index (χ2n) is 9.61. The zero-order chi connectivity index (χ0) is 29.0. The predicted molar refractivity (Wildman–Crippen MR) is 154 cm³/mol. The lowest BCUT2D eigenvalue weighted by molar-refractivity contribution is -0.110. The van der Waals surface area contributed by atoms with Gasteiger partial charge in [-0.1, -0.05) is 36.4 Å². The molecule has 0 atom stereocenters. The third-order valence-corrected chi connectivity index (χ3v) is 8.46. The number of amides is 2. The van der Waals surface area contributed by atoms with E-state index in [0.29, 0.717) is 53.4 Å². The Morgan fingerprint density at radius 1 is 0.927 bits per heavy atom. The zero-order valence-corrected chi connectivity index (χ0v) is 22.7. The Morgan fingerprint density at radius 3 is 2.29 bits per heavy atom. The van der Waals surface area contributed by atoms with Crippen LogP contribution in [-0.2, 0) is 19.5 Å². The van der Waals surface area contributed by atoms with Gasteiger partial charge in [-0.2, -0.15) is 0 Å². The van der Waals surface area contributed by atoms with Crippen molar-refractivity contribution in [3.05, 3.63) is 95.1 Å². The minimum Gasteiger partial charge on any atom is -0.478 e. The molecule has 2 aliphatic rings. The predicted octanol–water partition coefficient (Wildman–Crippen LogP) is 2.71. The number of nitrogens with one attached hydrogen (secondary N) is 3. The normalized spacial score (nSPS) is 17.3. The average molecular weight is 577 g/mol. The largest absolute Gasteiger partial charge is 0.478 e. The van der Waals surface area contributed by atoms with Crippen LogP contribution in [-0.4, -0.2) is 74.0 Å². The van der Waals surface area contributed by atoms with Crippen LogP contribution >= 0.6 is 0 Å². The van der Waals surface area contributed by atoms with Gasteiger partial charge in [-0.25, -0.2) is 18.7 Å². The van der Waals surface area contributed by atoms with Crippen LogP contribution in [0.25, 0.3) is 11.3 Å². The van der Waals surface area contributed by atoms with E-state index in [1.807, 2.05) is 35.2 Å². The van der Waals surface area contributed by atoms with Crippen molar-refractivity contribution in [2.45, 2.75) is 0 Å². The number of hydrogen-bond donors (Lipinski definition) is 4. The van der Waals surface area contributed by atoms with Crippen molar-refractivity contribution in [3.63, 3.8) is 0 Å². The van der Waals surface area contributed by atoms with Gasteiger partial charge in [0.1, 0.15) is 0 Å². The molecule has 4 N–H and O–H groups in total. The number of fused-ring (bicyclic) bond motifs is 1. The van der Waals surface area contributed by atoms with Gasteiger partial charge in [-0.3, -0.25) is 19.3 Å². The molecule has 2 heterocycles. The minimum absolute atomic E-state index is 0.0688. The lowest BCUT2D eigenvalue weighted by atomic mass is 9.99. The molecule has 11 nitrogen and oxygen atoms in total. The van der Waals surface area contributed by atoms with Gasteiger partial charge < -0.3 is 15.7 Å². The fraction of sp³-hybridized carbons (Fsp3) is 0.207. The molecule has 2 amide bonds. The molecule has 0 unspecified atom stereocenters. The van der Waals surface area contributed by atoms with E-state index in [-0.39, 0.29) is 29.6 Å². The molecule has 0 aromatic heterocycles. The molecule has 2 aliphatic heterocycles. The highest BCUT2D eigenvalue weighted by Gasteiger charge is 2.29. The summed E-state index contributed by atoms with van der Waals surface area (Å²) in [6, 6.07) is 20.4. The number of aromatic carboxylic acids is 1. The molecule has 0 radical (unpaired) electrons. The molecule has 1 saturated heterocycles. The molecule has 41 heavy (non-hydrogen) atoms. The Bertz CT molecular complexity index is 1610. The van der Waals surface area contributed by atoms with Crippen LogP contribution in [0.15, 0.2) is 72.8 Å². The first kappa shape index (κ1) is 28.0. The molecule has 3 aromatic carbocycles. The van der Waals surface area contributed by atoms with Crippen molar-refractivity contribution < 1.29 is 32.7 Å². The number of nitrogens with zero attached hydrogens (tertiary/aromatic N) is 1. The van der Waals surface area contributed by atoms with E-state index in [9.17, 15) is 27.9 Å². The Morgan fingerprint density at radius 2 is 1.61 bits per heavy atom. The molecule has 0 saturated carbocycles. The molecule has 5 rings (SSSR count). The summed E-state index contributed by atoms with van der Waals surface area (Å²) >= 11 is 0. The standard InChI is InChI=1S/C29H28N4O7S/c34-27(32-40-15-12-33-13-16-41(38,39)17-14-33)20-6-9-22(10-7-20)30-26(19-4-2-1-3-5-19)25-23-11-8-21(29(36)37)18-24(23)31-28(25)35/h1-11,18,30H,12-17H2,(H,31,35)(H,32,34)(H,36,37)/b26-25+. The van der Waals surface area contributed by atoms with Gasteiger partial charge in [0.2, 0.25) is 0 Å². The quantitative estimate of drug-likeness (QED) is 0.171. The van der Waals surface area contributed by atoms with Crippen LogP contribution in [0.5, 0.6) is 0 Å². The fourth-order valence-electron chi connectivity index (χ4n) is 4.61. The van der Waals surface area contributed by atoms with Crippen molar-refractivity contribution in [2.24, 2.45) is 0 Å². The molecular weight excluding hydrogens is 548 g/mol. The lowest BCUT2D eigenvalue weighted by Crippen LogP contribution is -2.42. The van der Waals surface area contributed by atoms with E-state index in [4.69, 9.17) is 4.84 Å². The number of sulfone groups is 1. The third kappa shape index (κ3) is 6.62. The first-order valence-electron chi connectivity index (χ1n) is 12.9. The van der Waals surface area contributed by atoms with Gasteiger partial charge in [-0.05, 0) is 42.0 Å². The maximum absolute atomic E-state index is 13.1. The molecule has 212 valence electrons. The topological polar surface area (TPSA) is 154 Å². The molecule has 3 aromatic rings. The number of carboxylic acid groups (broad SMARTS) is 1. The number of carbonyl (C=O) groups is 3. The van der Waals surface area contributed by atoms with Gasteiger partial charge in [0.15, 0.2) is 9.84 Å². The highest BCUT2D eigenvalue weighted by molar-refractivity contribution is 7.91. The highest BCUT2D eigenvalue weighted by atomic mass is 32.2. The highest BCUT2D eigenvalue weighted by Crippen LogP contribution is 2.38. The Labute approximate surface area is 236 Å². The number of carboxylic acids is 1. The molecule has 0 spiro atoms. The van der Waals surface area contributed by atoms with Crippen LogP contribution in [0, 0.1) is 0 Å². The summed E-state index contributed by atoms with van der Waals surface area (Å²) in [5, 5.41) is 15.4. The molecular formula is C29H28N4O7S. The summed E-state index contributed by atoms with van der Waals surface area (Å²) in [6.45, 7) is 1.62. The van der Waals surface area contributed by atoms with Crippen molar-refractivity contribution in [1.29, 1.82) is 0 Å². The summed E-state index contributed by atoms with van der Waals surface area (Å²) in [5.74, 6) is -1.63. The van der Waals surface area contributed by atoms with Gasteiger partial charge in [0.25, 0.3) is 11.8 Å². The van der Waals surface area contributed by atoms with E-state index in [2.05, 4.69) is 16.1 Å². The monoisotopic (exact) mass is 576 g/mol. The van der Waals surface area contributed by atoms with E-state index < -0.39 is 21.7 Å². The van der Waals surface area contributed by atoms with Gasteiger partial charge in [0, 0.05) is 36.4 Å². The summed E-state index contributed by atoms with van der Waals surface area (Å²) in [7, 11) is -2.95. The summed E-state index contributed by atoms with van der Waals surface area (Å²) in [5.41, 5.74) is 6.08. The van der Waals surface area contributed by atoms with Gasteiger partial charge >= 0.3 is 5.97 Å². The fourth-order valence-corrected chi connectivity index (χ4v) is 5.89. The second-order valence-corrected chi connectivity index (χ2v) is 11.9. The molecule has 12 heteroatoms. The van der Waals surface area contributed by atoms with Crippen molar-refractivity contribution in [1.82, 2.24) is 10.4 Å². The molecule has 0 bridgehead atoms. The number of hydroxylamine groups is 1. The van der Waals surface area contributed by atoms with E-state index in [0.717, 1.165) is 5.56 Å². The number of benzene rings is 3. The van der Waals surface area contributed by atoms with Crippen LogP contribution in [0.2, 0.25) is 0 Å². The van der Waals surface area contributed by atoms with Crippen LogP contribution in [0.4, 0.5) is 11.4 Å². The van der Waals surface area contributed by atoms with Crippen molar-refractivity contribution in [3.8, 4) is 0 Å². The van der Waals surface area contributed by atoms with Crippen molar-refractivity contribution >= 4 is 50.3 Å². The number of rotatable bonds is 9. The smallest absolute Gasteiger partial charge is 0.335 e. The molecule has 1 fully saturated rings. The zero-order valence-electron chi connectivity index (χ0n) is 21.9. The maximum Gasteiger partial charge on any atom is 0.335 e.